The number of hydrogen-bond donors (Lipinski definition) is 6. The molecule has 8 heteroatoms. The van der Waals surface area contributed by atoms with Gasteiger partial charge in [0, 0.05) is 11.8 Å². The molecule has 0 saturated carbocycles. The van der Waals surface area contributed by atoms with Crippen LogP contribution in [-0.4, -0.2) is 82.9 Å². The first-order valence-corrected chi connectivity index (χ1v) is 6.28. The molecule has 0 aromatic rings. The maximum Gasteiger partial charge on any atom is 0.305 e. The SMILES string of the molecule is O=C(CCC(CO)(CO)CO)OCC(CO)(CO)CO. The molecule has 0 aliphatic heterocycles. The van der Waals surface area contributed by atoms with E-state index in [0.717, 1.165) is 0 Å². The lowest BCUT2D eigenvalue weighted by atomic mass is 9.86. The number of carbonyl (C=O) groups is 1. The number of rotatable bonds is 11. The summed E-state index contributed by atoms with van der Waals surface area (Å²) in [7, 11) is 0. The Labute approximate surface area is 117 Å². The summed E-state index contributed by atoms with van der Waals surface area (Å²) in [6.45, 7) is -3.38. The zero-order chi connectivity index (χ0) is 15.6. The topological polar surface area (TPSA) is 148 Å². The van der Waals surface area contributed by atoms with E-state index in [1.165, 1.54) is 0 Å². The van der Waals surface area contributed by atoms with E-state index in [-0.39, 0.29) is 19.4 Å². The third-order valence-electron chi connectivity index (χ3n) is 3.41. The second-order valence-electron chi connectivity index (χ2n) is 5.11. The minimum Gasteiger partial charge on any atom is -0.465 e. The monoisotopic (exact) mass is 296 g/mol. The molecule has 0 spiro atoms. The lowest BCUT2D eigenvalue weighted by Gasteiger charge is -2.28. The van der Waals surface area contributed by atoms with Crippen LogP contribution >= 0.6 is 0 Å². The minimum atomic E-state index is -1.29. The Hall–Kier alpha value is -0.770. The van der Waals surface area contributed by atoms with Crippen LogP contribution in [0.2, 0.25) is 0 Å². The van der Waals surface area contributed by atoms with Gasteiger partial charge in [-0.1, -0.05) is 0 Å². The molecule has 0 fully saturated rings. The summed E-state index contributed by atoms with van der Waals surface area (Å²) in [5.74, 6) is -0.676. The van der Waals surface area contributed by atoms with Gasteiger partial charge in [0.25, 0.3) is 0 Å². The Kier molecular flexibility index (Phi) is 8.86. The van der Waals surface area contributed by atoms with Crippen molar-refractivity contribution >= 4 is 5.97 Å². The second kappa shape index (κ2) is 9.22. The van der Waals surface area contributed by atoms with Gasteiger partial charge in [-0.25, -0.2) is 0 Å². The summed E-state index contributed by atoms with van der Waals surface area (Å²) in [5, 5.41) is 54.4. The van der Waals surface area contributed by atoms with Gasteiger partial charge in [0.05, 0.1) is 45.1 Å². The molecule has 120 valence electrons. The van der Waals surface area contributed by atoms with Crippen molar-refractivity contribution in [2.24, 2.45) is 10.8 Å². The molecule has 0 aliphatic carbocycles. The molecule has 0 saturated heterocycles. The Morgan fingerprint density at radius 1 is 0.750 bits per heavy atom. The fourth-order valence-electron chi connectivity index (χ4n) is 1.35. The van der Waals surface area contributed by atoms with Crippen LogP contribution in [0.25, 0.3) is 0 Å². The summed E-state index contributed by atoms with van der Waals surface area (Å²) in [6, 6.07) is 0. The highest BCUT2D eigenvalue weighted by molar-refractivity contribution is 5.69. The molecule has 0 rings (SSSR count). The molecule has 0 amide bonds. The van der Waals surface area contributed by atoms with Gasteiger partial charge in [0.1, 0.15) is 6.61 Å². The lowest BCUT2D eigenvalue weighted by Crippen LogP contribution is -2.40. The smallest absolute Gasteiger partial charge is 0.305 e. The molecule has 0 aromatic heterocycles. The molecule has 0 unspecified atom stereocenters. The zero-order valence-corrected chi connectivity index (χ0v) is 11.4. The summed E-state index contributed by atoms with van der Waals surface area (Å²) < 4.78 is 4.85. The Morgan fingerprint density at radius 2 is 1.15 bits per heavy atom. The third-order valence-corrected chi connectivity index (χ3v) is 3.41. The van der Waals surface area contributed by atoms with Crippen molar-refractivity contribution in [1.82, 2.24) is 0 Å². The van der Waals surface area contributed by atoms with E-state index in [1.807, 2.05) is 0 Å². The summed E-state index contributed by atoms with van der Waals surface area (Å²) in [6.07, 6.45) is -0.125. The Bertz CT molecular complexity index is 230. The fourth-order valence-corrected chi connectivity index (χ4v) is 1.35. The number of ether oxygens (including phenoxy) is 1. The van der Waals surface area contributed by atoms with E-state index in [4.69, 9.17) is 35.4 Å². The van der Waals surface area contributed by atoms with Crippen molar-refractivity contribution in [2.75, 3.05) is 46.2 Å². The maximum atomic E-state index is 11.5. The van der Waals surface area contributed by atoms with Crippen molar-refractivity contribution in [3.05, 3.63) is 0 Å². The van der Waals surface area contributed by atoms with Gasteiger partial charge >= 0.3 is 5.97 Å². The van der Waals surface area contributed by atoms with Crippen LogP contribution in [0.4, 0.5) is 0 Å². The van der Waals surface area contributed by atoms with E-state index in [1.54, 1.807) is 0 Å². The van der Waals surface area contributed by atoms with E-state index in [0.29, 0.717) is 0 Å². The van der Waals surface area contributed by atoms with Gasteiger partial charge in [0.15, 0.2) is 0 Å². The first-order chi connectivity index (χ1) is 9.46. The van der Waals surface area contributed by atoms with Gasteiger partial charge in [-0.2, -0.15) is 0 Å². The Balaban J connectivity index is 4.30. The van der Waals surface area contributed by atoms with Crippen molar-refractivity contribution in [3.63, 3.8) is 0 Å². The molecule has 6 N–H and O–H groups in total. The molecule has 0 aliphatic rings. The molecule has 0 radical (unpaired) electrons. The van der Waals surface area contributed by atoms with Crippen LogP contribution in [-0.2, 0) is 9.53 Å². The maximum absolute atomic E-state index is 11.5. The van der Waals surface area contributed by atoms with Crippen molar-refractivity contribution in [2.45, 2.75) is 12.8 Å². The molecular formula is C12H24O8. The summed E-state index contributed by atoms with van der Waals surface area (Å²) in [5.41, 5.74) is -2.45. The van der Waals surface area contributed by atoms with Gasteiger partial charge < -0.3 is 35.4 Å². The van der Waals surface area contributed by atoms with Crippen LogP contribution < -0.4 is 0 Å². The van der Waals surface area contributed by atoms with Crippen molar-refractivity contribution in [1.29, 1.82) is 0 Å². The highest BCUT2D eigenvalue weighted by Gasteiger charge is 2.32. The quantitative estimate of drug-likeness (QED) is 0.225. The fraction of sp³-hybridized carbons (Fsp3) is 0.917. The minimum absolute atomic E-state index is 0.0275. The number of hydrogen-bond acceptors (Lipinski definition) is 8. The number of esters is 1. The second-order valence-corrected chi connectivity index (χ2v) is 5.11. The molecular weight excluding hydrogens is 272 g/mol. The van der Waals surface area contributed by atoms with Gasteiger partial charge in [-0.05, 0) is 6.42 Å². The Morgan fingerprint density at radius 3 is 1.50 bits per heavy atom. The van der Waals surface area contributed by atoms with Crippen LogP contribution in [0, 0.1) is 10.8 Å². The first-order valence-electron chi connectivity index (χ1n) is 6.28. The van der Waals surface area contributed by atoms with Gasteiger partial charge in [-0.15, -0.1) is 0 Å². The number of carbonyl (C=O) groups excluding carboxylic acids is 1. The van der Waals surface area contributed by atoms with Crippen molar-refractivity contribution in [3.8, 4) is 0 Å². The van der Waals surface area contributed by atoms with Crippen LogP contribution in [0.3, 0.4) is 0 Å². The lowest BCUT2D eigenvalue weighted by molar-refractivity contribution is -0.152. The third kappa shape index (κ3) is 5.31. The van der Waals surface area contributed by atoms with E-state index in [9.17, 15) is 4.79 Å². The molecule has 0 atom stereocenters. The molecule has 0 bridgehead atoms. The van der Waals surface area contributed by atoms with Crippen LogP contribution in [0.1, 0.15) is 12.8 Å². The van der Waals surface area contributed by atoms with E-state index >= 15 is 0 Å². The number of aliphatic hydroxyl groups is 6. The van der Waals surface area contributed by atoms with E-state index < -0.39 is 56.4 Å². The molecule has 0 aromatic carbocycles. The first kappa shape index (κ1) is 19.2. The highest BCUT2D eigenvalue weighted by Crippen LogP contribution is 2.23. The average Bonchev–Trinajstić information content (AvgIpc) is 2.51. The molecule has 20 heavy (non-hydrogen) atoms. The van der Waals surface area contributed by atoms with Crippen LogP contribution in [0.15, 0.2) is 0 Å². The van der Waals surface area contributed by atoms with Gasteiger partial charge in [-0.3, -0.25) is 4.79 Å². The zero-order valence-electron chi connectivity index (χ0n) is 11.4. The number of aliphatic hydroxyl groups excluding tert-OH is 6. The summed E-state index contributed by atoms with van der Waals surface area (Å²) in [4.78, 5) is 11.5. The van der Waals surface area contributed by atoms with Gasteiger partial charge in [0.2, 0.25) is 0 Å². The average molecular weight is 296 g/mol. The molecule has 8 nitrogen and oxygen atoms in total. The summed E-state index contributed by atoms with van der Waals surface area (Å²) >= 11 is 0. The predicted octanol–water partition coefficient (Wildman–Crippen LogP) is -2.76. The highest BCUT2D eigenvalue weighted by atomic mass is 16.5. The normalized spacial score (nSPS) is 12.5. The van der Waals surface area contributed by atoms with E-state index in [2.05, 4.69) is 0 Å². The standard InChI is InChI=1S/C12H24O8/c13-3-11(4-14,5-15)2-1-10(19)20-9-12(6-16,7-17)8-18/h13-18H,1-9H2. The predicted molar refractivity (Wildman–Crippen MR) is 67.6 cm³/mol. The molecule has 0 heterocycles. The largest absolute Gasteiger partial charge is 0.465 e. The van der Waals surface area contributed by atoms with Crippen LogP contribution in [0.5, 0.6) is 0 Å². The van der Waals surface area contributed by atoms with Crippen molar-refractivity contribution < 1.29 is 40.2 Å².